The minimum absolute atomic E-state index is 0.949. The van der Waals surface area contributed by atoms with E-state index in [4.69, 9.17) is 12.2 Å². The fourth-order valence-corrected chi connectivity index (χ4v) is 2.12. The van der Waals surface area contributed by atoms with Gasteiger partial charge >= 0.3 is 0 Å². The highest BCUT2D eigenvalue weighted by atomic mass is 32.1. The third-order valence-corrected chi connectivity index (χ3v) is 3.00. The maximum atomic E-state index is 5.20. The lowest BCUT2D eigenvalue weighted by atomic mass is 10.4. The Bertz CT molecular complexity index is 171. The second-order valence-corrected chi connectivity index (χ2v) is 3.88. The molecule has 1 N–H and O–H groups in total. The molecule has 2 aliphatic rings. The molecule has 0 spiro atoms. The molecule has 0 aromatic heterocycles. The molecule has 1 aliphatic carbocycles. The van der Waals surface area contributed by atoms with Gasteiger partial charge in [0.25, 0.3) is 0 Å². The van der Waals surface area contributed by atoms with Crippen LogP contribution in [0.15, 0.2) is 0 Å². The van der Waals surface area contributed by atoms with Crippen molar-refractivity contribution < 1.29 is 0 Å². The van der Waals surface area contributed by atoms with Crippen LogP contribution in [0.1, 0.15) is 13.3 Å². The second kappa shape index (κ2) is 2.63. The minimum atomic E-state index is 0.949. The quantitative estimate of drug-likeness (QED) is 0.587. The molecule has 2 nitrogen and oxygen atoms in total. The molecule has 2 unspecified atom stereocenters. The average Bonchev–Trinajstić information content (AvgIpc) is 2.59. The van der Waals surface area contributed by atoms with Gasteiger partial charge in [0, 0.05) is 19.6 Å². The first kappa shape index (κ1) is 7.35. The summed E-state index contributed by atoms with van der Waals surface area (Å²) in [7, 11) is 0. The van der Waals surface area contributed by atoms with Crippen molar-refractivity contribution in [2.75, 3.05) is 19.6 Å². The highest BCUT2D eigenvalue weighted by molar-refractivity contribution is 7.80. The van der Waals surface area contributed by atoms with Crippen LogP contribution >= 0.6 is 12.2 Å². The van der Waals surface area contributed by atoms with Gasteiger partial charge in [-0.2, -0.15) is 0 Å². The van der Waals surface area contributed by atoms with Gasteiger partial charge in [-0.25, -0.2) is 0 Å². The molecule has 1 heterocycles. The van der Waals surface area contributed by atoms with Crippen molar-refractivity contribution in [3.05, 3.63) is 0 Å². The van der Waals surface area contributed by atoms with Crippen LogP contribution < -0.4 is 5.32 Å². The Morgan fingerprint density at radius 3 is 2.73 bits per heavy atom. The Hall–Kier alpha value is -0.310. The van der Waals surface area contributed by atoms with Gasteiger partial charge in [0.1, 0.15) is 0 Å². The van der Waals surface area contributed by atoms with E-state index in [0.717, 1.165) is 23.5 Å². The molecule has 0 aromatic carbocycles. The number of nitrogens with zero attached hydrogens (tertiary/aromatic N) is 1. The van der Waals surface area contributed by atoms with Crippen LogP contribution in [0.25, 0.3) is 0 Å². The SMILES string of the molecule is CCNC(=S)N1CC2CC2C1. The van der Waals surface area contributed by atoms with Crippen molar-refractivity contribution in [2.24, 2.45) is 11.8 Å². The van der Waals surface area contributed by atoms with Gasteiger partial charge in [-0.05, 0) is 37.4 Å². The van der Waals surface area contributed by atoms with Crippen LogP contribution in [0.5, 0.6) is 0 Å². The van der Waals surface area contributed by atoms with Crippen molar-refractivity contribution in [3.8, 4) is 0 Å². The van der Waals surface area contributed by atoms with Gasteiger partial charge in [0.05, 0.1) is 0 Å². The number of likely N-dealkylation sites (tertiary alicyclic amines) is 1. The lowest BCUT2D eigenvalue weighted by Gasteiger charge is -2.20. The molecule has 11 heavy (non-hydrogen) atoms. The maximum Gasteiger partial charge on any atom is 0.168 e. The molecule has 1 saturated carbocycles. The fraction of sp³-hybridized carbons (Fsp3) is 0.875. The number of piperidine rings is 1. The molecule has 2 rings (SSSR count). The Balaban J connectivity index is 1.82. The Morgan fingerprint density at radius 2 is 2.18 bits per heavy atom. The first-order valence-corrected chi connectivity index (χ1v) is 4.75. The molecule has 2 fully saturated rings. The van der Waals surface area contributed by atoms with Gasteiger partial charge in [-0.1, -0.05) is 0 Å². The molecule has 1 aliphatic heterocycles. The lowest BCUT2D eigenvalue weighted by molar-refractivity contribution is 0.454. The van der Waals surface area contributed by atoms with Gasteiger partial charge in [0.15, 0.2) is 5.11 Å². The third-order valence-electron chi connectivity index (χ3n) is 2.59. The summed E-state index contributed by atoms with van der Waals surface area (Å²) in [6, 6.07) is 0. The van der Waals surface area contributed by atoms with Crippen molar-refractivity contribution in [2.45, 2.75) is 13.3 Å². The third kappa shape index (κ3) is 1.34. The van der Waals surface area contributed by atoms with E-state index in [1.807, 2.05) is 0 Å². The molecule has 0 aromatic rings. The topological polar surface area (TPSA) is 15.3 Å². The van der Waals surface area contributed by atoms with E-state index in [9.17, 15) is 0 Å². The summed E-state index contributed by atoms with van der Waals surface area (Å²) in [6.07, 6.45) is 1.45. The number of nitrogens with one attached hydrogen (secondary N) is 1. The smallest absolute Gasteiger partial charge is 0.168 e. The standard InChI is InChI=1S/C8H14N2S/c1-2-9-8(11)10-4-6-3-7(6)5-10/h6-7H,2-5H2,1H3,(H,9,11). The summed E-state index contributed by atoms with van der Waals surface area (Å²) in [6.45, 7) is 5.45. The Kier molecular flexibility index (Phi) is 1.75. The van der Waals surface area contributed by atoms with Crippen LogP contribution in [0, 0.1) is 11.8 Å². The van der Waals surface area contributed by atoms with E-state index in [2.05, 4.69) is 17.1 Å². The fourth-order valence-electron chi connectivity index (χ4n) is 1.83. The highest BCUT2D eigenvalue weighted by Crippen LogP contribution is 2.44. The van der Waals surface area contributed by atoms with E-state index in [1.165, 1.54) is 19.5 Å². The zero-order valence-corrected chi connectivity index (χ0v) is 7.66. The zero-order chi connectivity index (χ0) is 7.84. The summed E-state index contributed by atoms with van der Waals surface area (Å²) >= 11 is 5.20. The second-order valence-electron chi connectivity index (χ2n) is 3.50. The van der Waals surface area contributed by atoms with Crippen molar-refractivity contribution in [1.82, 2.24) is 10.2 Å². The van der Waals surface area contributed by atoms with Crippen LogP contribution in [0.3, 0.4) is 0 Å². The summed E-state index contributed by atoms with van der Waals surface area (Å²) in [4.78, 5) is 2.30. The van der Waals surface area contributed by atoms with Crippen LogP contribution in [-0.4, -0.2) is 29.6 Å². The van der Waals surface area contributed by atoms with Crippen molar-refractivity contribution >= 4 is 17.3 Å². The predicted octanol–water partition coefficient (Wildman–Crippen LogP) is 0.833. The Morgan fingerprint density at radius 1 is 1.55 bits per heavy atom. The van der Waals surface area contributed by atoms with Gasteiger partial charge in [0.2, 0.25) is 0 Å². The minimum Gasteiger partial charge on any atom is -0.363 e. The van der Waals surface area contributed by atoms with Crippen molar-refractivity contribution in [1.29, 1.82) is 0 Å². The number of fused-ring (bicyclic) bond motifs is 1. The molecular formula is C8H14N2S. The van der Waals surface area contributed by atoms with Crippen LogP contribution in [-0.2, 0) is 0 Å². The number of hydrogen-bond donors (Lipinski definition) is 1. The number of thiocarbonyl (C=S) groups is 1. The molecule has 1 saturated heterocycles. The lowest BCUT2D eigenvalue weighted by Crippen LogP contribution is -2.38. The monoisotopic (exact) mass is 170 g/mol. The van der Waals surface area contributed by atoms with E-state index >= 15 is 0 Å². The summed E-state index contributed by atoms with van der Waals surface area (Å²) in [5.41, 5.74) is 0. The van der Waals surface area contributed by atoms with E-state index in [0.29, 0.717) is 0 Å². The summed E-state index contributed by atoms with van der Waals surface area (Å²) in [5.74, 6) is 1.96. The first-order chi connectivity index (χ1) is 5.31. The van der Waals surface area contributed by atoms with Crippen LogP contribution in [0.2, 0.25) is 0 Å². The molecule has 0 amide bonds. The summed E-state index contributed by atoms with van der Waals surface area (Å²) in [5, 5.41) is 4.14. The molecule has 0 bridgehead atoms. The van der Waals surface area contributed by atoms with Crippen LogP contribution in [0.4, 0.5) is 0 Å². The van der Waals surface area contributed by atoms with Gasteiger partial charge in [-0.15, -0.1) is 0 Å². The predicted molar refractivity (Wildman–Crippen MR) is 49.4 cm³/mol. The van der Waals surface area contributed by atoms with Crippen molar-refractivity contribution in [3.63, 3.8) is 0 Å². The van der Waals surface area contributed by atoms with E-state index in [-0.39, 0.29) is 0 Å². The molecule has 0 radical (unpaired) electrons. The van der Waals surface area contributed by atoms with E-state index in [1.54, 1.807) is 0 Å². The number of hydrogen-bond acceptors (Lipinski definition) is 1. The normalized spacial score (nSPS) is 33.4. The largest absolute Gasteiger partial charge is 0.363 e. The average molecular weight is 170 g/mol. The van der Waals surface area contributed by atoms with Gasteiger partial charge in [-0.3, -0.25) is 0 Å². The first-order valence-electron chi connectivity index (χ1n) is 4.34. The summed E-state index contributed by atoms with van der Waals surface area (Å²) < 4.78 is 0. The maximum absolute atomic E-state index is 5.20. The molecule has 2 atom stereocenters. The highest BCUT2D eigenvalue weighted by Gasteiger charge is 2.45. The Labute approximate surface area is 73.0 Å². The van der Waals surface area contributed by atoms with E-state index < -0.39 is 0 Å². The van der Waals surface area contributed by atoms with Gasteiger partial charge < -0.3 is 10.2 Å². The zero-order valence-electron chi connectivity index (χ0n) is 6.84. The molecule has 62 valence electrons. The molecule has 3 heteroatoms. The molecular weight excluding hydrogens is 156 g/mol. The number of rotatable bonds is 1.